The number of piperidine rings is 2. The third kappa shape index (κ3) is 6.07. The topological polar surface area (TPSA) is 140 Å². The van der Waals surface area contributed by atoms with Gasteiger partial charge in [-0.1, -0.05) is 24.3 Å². The number of anilines is 1. The fraction of sp³-hybridized carbons (Fsp3) is 0.484. The molecule has 0 saturated carbocycles. The van der Waals surface area contributed by atoms with Crippen molar-refractivity contribution in [3.63, 3.8) is 0 Å². The molecule has 1 amide bonds. The first-order chi connectivity index (χ1) is 19.8. The number of rotatable bonds is 7. The number of carboxylic acid groups (broad SMARTS) is 1. The molecule has 1 atom stereocenters. The molecule has 0 aromatic heterocycles. The van der Waals surface area contributed by atoms with Crippen LogP contribution < -0.4 is 10.6 Å². The number of guanidine groups is 1. The van der Waals surface area contributed by atoms with Gasteiger partial charge in [0.05, 0.1) is 11.7 Å². The second-order valence-corrected chi connectivity index (χ2v) is 11.2. The third-order valence-corrected chi connectivity index (χ3v) is 8.86. The Morgan fingerprint density at radius 2 is 1.66 bits per heavy atom. The van der Waals surface area contributed by atoms with Gasteiger partial charge >= 0.3 is 5.97 Å². The molecule has 218 valence electrons. The molecule has 3 aliphatic heterocycles. The predicted octanol–water partition coefficient (Wildman–Crippen LogP) is 2.84. The number of nitrogens with two attached hydrogens (primary N) is 1. The molecule has 10 heteroatoms. The van der Waals surface area contributed by atoms with Gasteiger partial charge in [-0.2, -0.15) is 0 Å². The fourth-order valence-corrected chi connectivity index (χ4v) is 6.53. The minimum atomic E-state index is -1.02. The first-order valence-corrected chi connectivity index (χ1v) is 14.4. The van der Waals surface area contributed by atoms with E-state index in [1.165, 1.54) is 12.1 Å². The number of methoxy groups -OCH3 is 1. The van der Waals surface area contributed by atoms with Gasteiger partial charge in [0.1, 0.15) is 6.04 Å². The quantitative estimate of drug-likeness (QED) is 0.346. The smallest absolute Gasteiger partial charge is 0.335 e. The maximum Gasteiger partial charge on any atom is 0.335 e. The number of likely N-dealkylation sites (tertiary alicyclic amines) is 1. The Balaban J connectivity index is 1.44. The van der Waals surface area contributed by atoms with Crippen LogP contribution in [-0.4, -0.2) is 84.5 Å². The zero-order valence-electron chi connectivity index (χ0n) is 23.6. The highest BCUT2D eigenvalue weighted by atomic mass is 16.5. The molecule has 2 saturated heterocycles. The van der Waals surface area contributed by atoms with Crippen LogP contribution in [0.3, 0.4) is 0 Å². The average Bonchev–Trinajstić information content (AvgIpc) is 3.00. The highest BCUT2D eigenvalue weighted by Crippen LogP contribution is 2.39. The van der Waals surface area contributed by atoms with Gasteiger partial charge in [-0.05, 0) is 67.0 Å². The van der Waals surface area contributed by atoms with E-state index in [4.69, 9.17) is 15.9 Å². The molecule has 2 aromatic carbocycles. The lowest BCUT2D eigenvalue weighted by atomic mass is 9.84. The summed E-state index contributed by atoms with van der Waals surface area (Å²) in [6, 6.07) is 11.7. The standard InChI is InChI=1S/C31H39N5O5/c1-41-23-11-16-34(17-12-23)26-4-2-3-25-24(26)13-18-36(29(38)21-9-14-35(15-10-21)31(32)33)28(25)27(37)19-20-5-7-22(8-6-20)30(39)40/h2-8,21,23,28H,9-19H2,1H3,(H3,32,33)(H,39,40). The summed E-state index contributed by atoms with van der Waals surface area (Å²) in [6.07, 6.45) is 4.10. The highest BCUT2D eigenvalue weighted by Gasteiger charge is 2.40. The molecular weight excluding hydrogens is 522 g/mol. The Hall–Kier alpha value is -3.92. The Labute approximate surface area is 240 Å². The Bertz CT molecular complexity index is 1300. The molecule has 41 heavy (non-hydrogen) atoms. The number of carbonyl (C=O) groups is 3. The van der Waals surface area contributed by atoms with Crippen molar-refractivity contribution in [1.29, 1.82) is 5.41 Å². The van der Waals surface area contributed by atoms with Crippen LogP contribution in [-0.2, 0) is 27.2 Å². The fourth-order valence-electron chi connectivity index (χ4n) is 6.53. The summed E-state index contributed by atoms with van der Waals surface area (Å²) in [5.74, 6) is -1.33. The molecule has 2 aromatic rings. The average molecular weight is 562 g/mol. The summed E-state index contributed by atoms with van der Waals surface area (Å²) in [4.78, 5) is 45.2. The Morgan fingerprint density at radius 1 is 0.976 bits per heavy atom. The number of ether oxygens (including phenoxy) is 1. The summed E-state index contributed by atoms with van der Waals surface area (Å²) >= 11 is 0. The molecule has 4 N–H and O–H groups in total. The molecule has 10 nitrogen and oxygen atoms in total. The summed E-state index contributed by atoms with van der Waals surface area (Å²) in [5.41, 5.74) is 9.67. The highest BCUT2D eigenvalue weighted by molar-refractivity contribution is 5.94. The van der Waals surface area contributed by atoms with E-state index in [-0.39, 0.29) is 41.7 Å². The number of benzene rings is 2. The van der Waals surface area contributed by atoms with Crippen molar-refractivity contribution in [3.05, 3.63) is 64.7 Å². The third-order valence-electron chi connectivity index (χ3n) is 8.86. The van der Waals surface area contributed by atoms with E-state index < -0.39 is 12.0 Å². The molecular formula is C31H39N5O5. The van der Waals surface area contributed by atoms with Crippen molar-refractivity contribution in [2.45, 2.75) is 50.7 Å². The van der Waals surface area contributed by atoms with Crippen LogP contribution in [0.2, 0.25) is 0 Å². The summed E-state index contributed by atoms with van der Waals surface area (Å²) in [7, 11) is 1.76. The first-order valence-electron chi connectivity index (χ1n) is 14.4. The number of amides is 1. The monoisotopic (exact) mass is 561 g/mol. The van der Waals surface area contributed by atoms with Crippen molar-refractivity contribution in [2.75, 3.05) is 44.7 Å². The van der Waals surface area contributed by atoms with Crippen LogP contribution in [0.4, 0.5) is 5.69 Å². The van der Waals surface area contributed by atoms with Gasteiger partial charge in [-0.25, -0.2) is 4.79 Å². The normalized spacial score (nSPS) is 20.0. The lowest BCUT2D eigenvalue weighted by Crippen LogP contribution is -2.50. The van der Waals surface area contributed by atoms with Crippen molar-refractivity contribution in [2.24, 2.45) is 11.7 Å². The van der Waals surface area contributed by atoms with Crippen molar-refractivity contribution in [1.82, 2.24) is 9.80 Å². The number of nitrogens with zero attached hydrogens (tertiary/aromatic N) is 3. The van der Waals surface area contributed by atoms with Crippen LogP contribution in [0.15, 0.2) is 42.5 Å². The number of fused-ring (bicyclic) bond motifs is 1. The van der Waals surface area contributed by atoms with Crippen LogP contribution in [0.5, 0.6) is 0 Å². The molecule has 1 unspecified atom stereocenters. The lowest BCUT2D eigenvalue weighted by molar-refractivity contribution is -0.144. The molecule has 0 spiro atoms. The van der Waals surface area contributed by atoms with Crippen LogP contribution in [0.25, 0.3) is 0 Å². The summed E-state index contributed by atoms with van der Waals surface area (Å²) in [6.45, 7) is 3.30. The van der Waals surface area contributed by atoms with Crippen LogP contribution in [0, 0.1) is 11.3 Å². The molecule has 3 aliphatic rings. The summed E-state index contributed by atoms with van der Waals surface area (Å²) in [5, 5.41) is 17.0. The number of ketones is 1. The van der Waals surface area contributed by atoms with Crippen LogP contribution in [0.1, 0.15) is 58.8 Å². The van der Waals surface area contributed by atoms with E-state index in [1.807, 2.05) is 12.1 Å². The number of hydrogen-bond donors (Lipinski definition) is 3. The Kier molecular flexibility index (Phi) is 8.58. The Morgan fingerprint density at radius 3 is 2.27 bits per heavy atom. The maximum absolute atomic E-state index is 14.1. The number of hydrogen-bond acceptors (Lipinski definition) is 6. The minimum absolute atomic E-state index is 0.0202. The van der Waals surface area contributed by atoms with Crippen molar-refractivity contribution in [3.8, 4) is 0 Å². The molecule has 3 heterocycles. The predicted molar refractivity (Wildman–Crippen MR) is 155 cm³/mol. The molecule has 0 aliphatic carbocycles. The second kappa shape index (κ2) is 12.3. The number of aromatic carboxylic acids is 1. The zero-order chi connectivity index (χ0) is 29.1. The zero-order valence-corrected chi connectivity index (χ0v) is 23.6. The van der Waals surface area contributed by atoms with Crippen molar-refractivity contribution < 1.29 is 24.2 Å². The molecule has 0 bridgehead atoms. The van der Waals surface area contributed by atoms with Crippen LogP contribution >= 0.6 is 0 Å². The number of carboxylic acids is 1. The van der Waals surface area contributed by atoms with E-state index in [1.54, 1.807) is 29.0 Å². The molecule has 2 fully saturated rings. The van der Waals surface area contributed by atoms with E-state index in [0.29, 0.717) is 44.5 Å². The molecule has 5 rings (SSSR count). The van der Waals surface area contributed by atoms with Gasteiger partial charge in [0.2, 0.25) is 5.91 Å². The first kappa shape index (κ1) is 28.6. The van der Waals surface area contributed by atoms with Gasteiger partial charge in [-0.3, -0.25) is 15.0 Å². The van der Waals surface area contributed by atoms with Gasteiger partial charge < -0.3 is 30.3 Å². The van der Waals surface area contributed by atoms with Crippen molar-refractivity contribution >= 4 is 29.3 Å². The van der Waals surface area contributed by atoms with Gasteiger partial charge in [-0.15, -0.1) is 0 Å². The number of Topliss-reactive ketones (excluding diaryl/α,β-unsaturated/α-hetero) is 1. The lowest BCUT2D eigenvalue weighted by Gasteiger charge is -2.42. The van der Waals surface area contributed by atoms with E-state index in [9.17, 15) is 19.5 Å². The number of nitrogens with one attached hydrogen (secondary N) is 1. The van der Waals surface area contributed by atoms with Gasteiger partial charge in [0.25, 0.3) is 0 Å². The van der Waals surface area contributed by atoms with E-state index >= 15 is 0 Å². The number of carbonyl (C=O) groups excluding carboxylic acids is 2. The minimum Gasteiger partial charge on any atom is -0.478 e. The maximum atomic E-state index is 14.1. The van der Waals surface area contributed by atoms with Gasteiger partial charge in [0.15, 0.2) is 11.7 Å². The molecule has 0 radical (unpaired) electrons. The summed E-state index contributed by atoms with van der Waals surface area (Å²) < 4.78 is 5.56. The SMILES string of the molecule is COC1CCN(c2cccc3c2CCN(C(=O)C2CCN(C(=N)N)CC2)C3C(=O)Cc2ccc(C(=O)O)cc2)CC1. The largest absolute Gasteiger partial charge is 0.478 e. The van der Waals surface area contributed by atoms with Gasteiger partial charge in [0, 0.05) is 57.9 Å². The van der Waals surface area contributed by atoms with E-state index in [0.717, 1.165) is 42.7 Å². The second-order valence-electron chi connectivity index (χ2n) is 11.2. The van der Waals surface area contributed by atoms with E-state index in [2.05, 4.69) is 11.0 Å².